The van der Waals surface area contributed by atoms with E-state index in [1.165, 1.54) is 0 Å². The predicted molar refractivity (Wildman–Crippen MR) is 89.1 cm³/mol. The predicted octanol–water partition coefficient (Wildman–Crippen LogP) is 2.57. The van der Waals surface area contributed by atoms with E-state index in [2.05, 4.69) is 5.32 Å². The Balaban J connectivity index is 1.90. The van der Waals surface area contributed by atoms with E-state index in [0.717, 1.165) is 0 Å². The average molecular weight is 339 g/mol. The summed E-state index contributed by atoms with van der Waals surface area (Å²) < 4.78 is 0. The van der Waals surface area contributed by atoms with Gasteiger partial charge in [-0.25, -0.2) is 0 Å². The van der Waals surface area contributed by atoms with Gasteiger partial charge >= 0.3 is 0 Å². The fourth-order valence-corrected chi connectivity index (χ4v) is 3.10. The minimum absolute atomic E-state index is 0.0323. The van der Waals surface area contributed by atoms with Crippen molar-refractivity contribution in [3.63, 3.8) is 0 Å². The molecule has 1 amide bonds. The Morgan fingerprint density at radius 2 is 1.50 bits per heavy atom. The Morgan fingerprint density at radius 1 is 0.875 bits per heavy atom. The molecule has 0 atom stereocenters. The summed E-state index contributed by atoms with van der Waals surface area (Å²) in [5, 5.41) is 3.10. The van der Waals surface area contributed by atoms with E-state index in [9.17, 15) is 14.4 Å². The van der Waals surface area contributed by atoms with Crippen LogP contribution in [0.2, 0.25) is 5.02 Å². The molecule has 118 valence electrons. The van der Waals surface area contributed by atoms with Crippen LogP contribution in [-0.4, -0.2) is 24.0 Å². The van der Waals surface area contributed by atoms with Crippen LogP contribution in [0.3, 0.4) is 0 Å². The number of rotatable bonds is 1. The van der Waals surface area contributed by atoms with E-state index >= 15 is 0 Å². The van der Waals surface area contributed by atoms with Gasteiger partial charge in [-0.3, -0.25) is 14.4 Å². The minimum Gasteiger partial charge on any atom is -0.327 e. The number of carbonyl (C=O) groups excluding carboxylic acids is 3. The molecule has 1 aliphatic carbocycles. The molecule has 1 aliphatic heterocycles. The van der Waals surface area contributed by atoms with Crippen LogP contribution in [0.25, 0.3) is 0 Å². The molecule has 2 aromatic carbocycles. The molecule has 0 unspecified atom stereocenters. The highest BCUT2D eigenvalue weighted by atomic mass is 35.5. The largest absolute Gasteiger partial charge is 0.327 e. The maximum absolute atomic E-state index is 12.9. The van der Waals surface area contributed by atoms with Gasteiger partial charge in [0, 0.05) is 21.8 Å². The second kappa shape index (κ2) is 5.32. The average Bonchev–Trinajstić information content (AvgIpc) is 2.59. The molecule has 4 rings (SSSR count). The zero-order chi connectivity index (χ0) is 16.8. The topological polar surface area (TPSA) is 66.5 Å². The molecule has 5 nitrogen and oxygen atoms in total. The lowest BCUT2D eigenvalue weighted by atomic mass is 9.88. The molecule has 0 radical (unpaired) electrons. The second-order valence-corrected chi connectivity index (χ2v) is 5.97. The van der Waals surface area contributed by atoms with Crippen molar-refractivity contribution in [2.45, 2.75) is 0 Å². The van der Waals surface area contributed by atoms with Crippen LogP contribution in [-0.2, 0) is 4.79 Å². The number of nitrogens with one attached hydrogen (secondary N) is 1. The van der Waals surface area contributed by atoms with E-state index in [-0.39, 0.29) is 35.4 Å². The Labute approximate surface area is 142 Å². The summed E-state index contributed by atoms with van der Waals surface area (Å²) in [4.78, 5) is 39.2. The monoisotopic (exact) mass is 338 g/mol. The quantitative estimate of drug-likeness (QED) is 0.868. The number of amides is 1. The third-order valence-corrected chi connectivity index (χ3v) is 4.32. The molecule has 1 heterocycles. The number of nitrogens with zero attached hydrogens (tertiary/aromatic N) is 1. The molecule has 0 fully saturated rings. The van der Waals surface area contributed by atoms with Gasteiger partial charge in [-0.15, -0.1) is 0 Å². The summed E-state index contributed by atoms with van der Waals surface area (Å²) in [5.74, 6) is -0.980. The van der Waals surface area contributed by atoms with Crippen molar-refractivity contribution in [3.8, 4) is 0 Å². The van der Waals surface area contributed by atoms with E-state index < -0.39 is 0 Å². The fraction of sp³-hybridized carbons (Fsp3) is 0.0556. The van der Waals surface area contributed by atoms with Crippen LogP contribution in [0, 0.1) is 0 Å². The number of fused-ring (bicyclic) bond motifs is 1. The highest BCUT2D eigenvalue weighted by molar-refractivity contribution is 6.31. The maximum atomic E-state index is 12.9. The summed E-state index contributed by atoms with van der Waals surface area (Å²) in [6.07, 6.45) is 0. The van der Waals surface area contributed by atoms with Gasteiger partial charge in [0.1, 0.15) is 17.9 Å². The molecular weight excluding hydrogens is 328 g/mol. The van der Waals surface area contributed by atoms with Crippen LogP contribution in [0.15, 0.2) is 59.9 Å². The Bertz CT molecular complexity index is 932. The highest BCUT2D eigenvalue weighted by Crippen LogP contribution is 2.32. The summed E-state index contributed by atoms with van der Waals surface area (Å²) in [5.41, 5.74) is 1.50. The molecule has 0 spiro atoms. The van der Waals surface area contributed by atoms with E-state index in [1.54, 1.807) is 53.4 Å². The van der Waals surface area contributed by atoms with Gasteiger partial charge in [0.15, 0.2) is 0 Å². The van der Waals surface area contributed by atoms with Gasteiger partial charge in [0.05, 0.1) is 0 Å². The van der Waals surface area contributed by atoms with Gasteiger partial charge < -0.3 is 10.2 Å². The van der Waals surface area contributed by atoms with Crippen molar-refractivity contribution in [2.24, 2.45) is 0 Å². The normalized spacial score (nSPS) is 16.7. The highest BCUT2D eigenvalue weighted by Gasteiger charge is 2.39. The van der Waals surface area contributed by atoms with Gasteiger partial charge in [0.25, 0.3) is 0 Å². The first kappa shape index (κ1) is 14.7. The first-order chi connectivity index (χ1) is 11.6. The van der Waals surface area contributed by atoms with Gasteiger partial charge in [0.2, 0.25) is 17.5 Å². The van der Waals surface area contributed by atoms with Crippen LogP contribution >= 0.6 is 11.6 Å². The number of hydrogen-bond acceptors (Lipinski definition) is 4. The Morgan fingerprint density at radius 3 is 2.17 bits per heavy atom. The molecule has 2 aliphatic rings. The molecule has 0 saturated carbocycles. The van der Waals surface area contributed by atoms with Gasteiger partial charge in [-0.1, -0.05) is 35.9 Å². The summed E-state index contributed by atoms with van der Waals surface area (Å²) in [6, 6.07) is 13.4. The zero-order valence-electron chi connectivity index (χ0n) is 12.4. The number of benzene rings is 2. The third kappa shape index (κ3) is 2.13. The lowest BCUT2D eigenvalue weighted by Gasteiger charge is -2.34. The lowest BCUT2D eigenvalue weighted by Crippen LogP contribution is -2.49. The zero-order valence-corrected chi connectivity index (χ0v) is 13.1. The summed E-state index contributed by atoms with van der Waals surface area (Å²) in [6.45, 7) is -0.0400. The third-order valence-electron chi connectivity index (χ3n) is 4.07. The van der Waals surface area contributed by atoms with E-state index in [0.29, 0.717) is 21.8 Å². The van der Waals surface area contributed by atoms with Crippen molar-refractivity contribution in [1.82, 2.24) is 5.32 Å². The van der Waals surface area contributed by atoms with E-state index in [4.69, 9.17) is 11.6 Å². The Kier molecular flexibility index (Phi) is 3.25. The number of anilines is 1. The van der Waals surface area contributed by atoms with Crippen molar-refractivity contribution in [3.05, 3.63) is 76.1 Å². The fourth-order valence-electron chi connectivity index (χ4n) is 2.98. The number of ketones is 2. The SMILES string of the molecule is O=C1CN(c2ccc(Cl)cc2)C2=C(N1)C(=O)c1ccccc1C2=O. The molecule has 24 heavy (non-hydrogen) atoms. The van der Waals surface area contributed by atoms with Crippen molar-refractivity contribution < 1.29 is 14.4 Å². The van der Waals surface area contributed by atoms with Crippen LogP contribution in [0.1, 0.15) is 20.7 Å². The van der Waals surface area contributed by atoms with Crippen molar-refractivity contribution >= 4 is 34.8 Å². The smallest absolute Gasteiger partial charge is 0.244 e. The van der Waals surface area contributed by atoms with Crippen LogP contribution < -0.4 is 10.2 Å². The Hall–Kier alpha value is -2.92. The molecule has 2 aromatic rings. The number of Topliss-reactive ketones (excluding diaryl/α,β-unsaturated/α-hetero) is 2. The number of carbonyl (C=O) groups is 3. The molecule has 6 heteroatoms. The second-order valence-electron chi connectivity index (χ2n) is 5.54. The molecule has 0 saturated heterocycles. The lowest BCUT2D eigenvalue weighted by molar-refractivity contribution is -0.119. The number of halogens is 1. The first-order valence-corrected chi connectivity index (χ1v) is 7.70. The minimum atomic E-state index is -0.354. The van der Waals surface area contributed by atoms with Crippen molar-refractivity contribution in [1.29, 1.82) is 0 Å². The van der Waals surface area contributed by atoms with Crippen LogP contribution in [0.4, 0.5) is 5.69 Å². The molecular formula is C18H11ClN2O3. The standard InChI is InChI=1S/C18H11ClN2O3/c19-10-5-7-11(8-6-10)21-9-14(22)20-15-16(21)18(24)13-4-2-1-3-12(13)17(15)23/h1-8H,9H2,(H,20,22). The number of allylic oxidation sites excluding steroid dienone is 2. The van der Waals surface area contributed by atoms with Gasteiger partial charge in [-0.2, -0.15) is 0 Å². The summed E-state index contributed by atoms with van der Waals surface area (Å²) >= 11 is 5.90. The number of hydrogen-bond donors (Lipinski definition) is 1. The molecule has 1 N–H and O–H groups in total. The van der Waals surface area contributed by atoms with E-state index in [1.807, 2.05) is 0 Å². The molecule has 0 bridgehead atoms. The van der Waals surface area contributed by atoms with Crippen LogP contribution in [0.5, 0.6) is 0 Å². The first-order valence-electron chi connectivity index (χ1n) is 7.32. The maximum Gasteiger partial charge on any atom is 0.244 e. The van der Waals surface area contributed by atoms with Crippen molar-refractivity contribution in [2.75, 3.05) is 11.4 Å². The molecule has 0 aromatic heterocycles. The van der Waals surface area contributed by atoms with Gasteiger partial charge in [-0.05, 0) is 24.3 Å². The summed E-state index contributed by atoms with van der Waals surface area (Å²) in [7, 11) is 0.